The van der Waals surface area contributed by atoms with Crippen molar-refractivity contribution in [1.82, 2.24) is 30.0 Å². The fraction of sp³-hybridized carbons (Fsp3) is 0.222. The Hall–Kier alpha value is -3.20. The van der Waals surface area contributed by atoms with Crippen molar-refractivity contribution in [3.63, 3.8) is 0 Å². The van der Waals surface area contributed by atoms with Crippen LogP contribution in [-0.4, -0.2) is 48.9 Å². The topological polar surface area (TPSA) is 88.8 Å². The highest BCUT2D eigenvalue weighted by Gasteiger charge is 2.36. The largest absolute Gasteiger partial charge is 0.507 e. The molecule has 7 nitrogen and oxygen atoms in total. The van der Waals surface area contributed by atoms with Gasteiger partial charge in [0.05, 0.1) is 24.8 Å². The number of imidazole rings is 1. The number of aromatic nitrogens is 5. The van der Waals surface area contributed by atoms with Gasteiger partial charge in [0.25, 0.3) is 5.92 Å². The maximum Gasteiger partial charge on any atom is 0.281 e. The Balaban J connectivity index is 1.59. The van der Waals surface area contributed by atoms with Crippen LogP contribution in [0.4, 0.5) is 8.78 Å². The molecule has 9 heteroatoms. The number of nitrogens with one attached hydrogen (secondary N) is 1. The monoisotopic (exact) mass is 370 g/mol. The molecule has 0 unspecified atom stereocenters. The van der Waals surface area contributed by atoms with E-state index >= 15 is 0 Å². The van der Waals surface area contributed by atoms with E-state index in [0.29, 0.717) is 17.8 Å². The Morgan fingerprint density at radius 1 is 1.26 bits per heavy atom. The molecule has 3 heterocycles. The number of phenols is 1. The number of phenolic OH excluding ortho intramolecular Hbond substituents is 1. The number of nitrogens with zero attached hydrogens (tertiary/aromatic N) is 5. The number of rotatable bonds is 3. The molecule has 0 radical (unpaired) electrons. The molecule has 138 valence electrons. The molecule has 0 amide bonds. The van der Waals surface area contributed by atoms with E-state index in [1.165, 1.54) is 12.3 Å². The van der Waals surface area contributed by atoms with Crippen LogP contribution in [0.3, 0.4) is 0 Å². The third-order valence-electron chi connectivity index (χ3n) is 4.33. The van der Waals surface area contributed by atoms with Crippen LogP contribution < -0.4 is 5.32 Å². The van der Waals surface area contributed by atoms with Gasteiger partial charge < -0.3 is 15.0 Å². The summed E-state index contributed by atoms with van der Waals surface area (Å²) in [5, 5.41) is 20.9. The van der Waals surface area contributed by atoms with Crippen LogP contribution in [0.1, 0.15) is 12.2 Å². The molecule has 0 aliphatic carbocycles. The molecule has 1 saturated heterocycles. The molecule has 1 aromatic carbocycles. The van der Waals surface area contributed by atoms with Crippen LogP contribution in [-0.2, 0) is 0 Å². The first-order valence-electron chi connectivity index (χ1n) is 8.34. The molecule has 1 aliphatic heterocycles. The Kier molecular flexibility index (Phi) is 4.36. The smallest absolute Gasteiger partial charge is 0.281 e. The zero-order valence-corrected chi connectivity index (χ0v) is 14.2. The van der Waals surface area contributed by atoms with E-state index in [1.54, 1.807) is 41.5 Å². The molecular formula is C18H16F2N6O. The Morgan fingerprint density at radius 3 is 2.81 bits per heavy atom. The lowest BCUT2D eigenvalue weighted by Gasteiger charge is -2.25. The first-order valence-corrected chi connectivity index (χ1v) is 8.34. The lowest BCUT2D eigenvalue weighted by atomic mass is 10.0. The van der Waals surface area contributed by atoms with Gasteiger partial charge in [-0.25, -0.2) is 18.7 Å². The Morgan fingerprint density at radius 2 is 2.15 bits per heavy atom. The van der Waals surface area contributed by atoms with Gasteiger partial charge >= 0.3 is 0 Å². The standard InChI is InChI=1S/C18H16F2N6O/c19-18(20)10-21-4-3-12(18)7-17-23-9-15(24-25-17)14-2-1-13(8-16(14)27)26-6-5-22-11-26/h1-2,5-9,11,21,27H,3-4,10H2/b12-7+. The fourth-order valence-electron chi connectivity index (χ4n) is 2.88. The van der Waals surface area contributed by atoms with Crippen LogP contribution in [0, 0.1) is 0 Å². The van der Waals surface area contributed by atoms with E-state index in [4.69, 9.17) is 0 Å². The quantitative estimate of drug-likeness (QED) is 0.736. The van der Waals surface area contributed by atoms with Crippen molar-refractivity contribution in [2.45, 2.75) is 12.3 Å². The van der Waals surface area contributed by atoms with E-state index in [0.717, 1.165) is 5.69 Å². The molecule has 0 spiro atoms. The molecule has 27 heavy (non-hydrogen) atoms. The molecule has 1 fully saturated rings. The molecule has 1 aliphatic rings. The zero-order chi connectivity index (χ0) is 18.9. The highest BCUT2D eigenvalue weighted by atomic mass is 19.3. The summed E-state index contributed by atoms with van der Waals surface area (Å²) < 4.78 is 29.5. The normalized spacial score (nSPS) is 17.9. The second-order valence-corrected chi connectivity index (χ2v) is 6.17. The van der Waals surface area contributed by atoms with Gasteiger partial charge in [0.2, 0.25) is 0 Å². The van der Waals surface area contributed by atoms with E-state index in [2.05, 4.69) is 25.5 Å². The van der Waals surface area contributed by atoms with E-state index < -0.39 is 5.92 Å². The van der Waals surface area contributed by atoms with Gasteiger partial charge in [0, 0.05) is 29.6 Å². The maximum absolute atomic E-state index is 13.9. The SMILES string of the molecule is Oc1cc(-n2ccnc2)ccc1-c1cnc(/C=C2\CCNCC2(F)F)nn1. The lowest BCUT2D eigenvalue weighted by molar-refractivity contribution is 0.0296. The minimum Gasteiger partial charge on any atom is -0.507 e. The minimum absolute atomic E-state index is 0.00768. The summed E-state index contributed by atoms with van der Waals surface area (Å²) in [7, 11) is 0. The second-order valence-electron chi connectivity index (χ2n) is 6.17. The van der Waals surface area contributed by atoms with Gasteiger partial charge in [-0.05, 0) is 31.2 Å². The molecule has 0 bridgehead atoms. The number of halogens is 2. The highest BCUT2D eigenvalue weighted by molar-refractivity contribution is 5.68. The number of alkyl halides is 2. The zero-order valence-electron chi connectivity index (χ0n) is 14.2. The summed E-state index contributed by atoms with van der Waals surface area (Å²) in [6.07, 6.45) is 7.93. The predicted octanol–water partition coefficient (Wildman–Crippen LogP) is 2.44. The van der Waals surface area contributed by atoms with Crippen molar-refractivity contribution in [2.24, 2.45) is 0 Å². The van der Waals surface area contributed by atoms with Gasteiger partial charge in [0.15, 0.2) is 5.82 Å². The van der Waals surface area contributed by atoms with E-state index in [-0.39, 0.29) is 30.1 Å². The summed E-state index contributed by atoms with van der Waals surface area (Å²) in [5.74, 6) is -2.79. The number of aromatic hydroxyl groups is 1. The van der Waals surface area contributed by atoms with Crippen molar-refractivity contribution < 1.29 is 13.9 Å². The number of piperidine rings is 1. The molecule has 0 saturated carbocycles. The van der Waals surface area contributed by atoms with Crippen molar-refractivity contribution in [3.8, 4) is 22.7 Å². The number of hydrogen-bond acceptors (Lipinski definition) is 6. The van der Waals surface area contributed by atoms with E-state index in [9.17, 15) is 13.9 Å². The van der Waals surface area contributed by atoms with Crippen LogP contribution in [0.15, 0.2) is 48.7 Å². The molecule has 0 atom stereocenters. The minimum atomic E-state index is -2.91. The molecule has 4 rings (SSSR count). The van der Waals surface area contributed by atoms with Gasteiger partial charge in [0.1, 0.15) is 11.4 Å². The molecular weight excluding hydrogens is 354 g/mol. The van der Waals surface area contributed by atoms with Crippen LogP contribution >= 0.6 is 0 Å². The lowest BCUT2D eigenvalue weighted by Crippen LogP contribution is -2.40. The average molecular weight is 370 g/mol. The Bertz CT molecular complexity index is 970. The molecule has 3 aromatic rings. The second kappa shape index (κ2) is 6.84. The number of benzene rings is 1. The van der Waals surface area contributed by atoms with Crippen molar-refractivity contribution in [1.29, 1.82) is 0 Å². The number of hydrogen-bond donors (Lipinski definition) is 2. The summed E-state index contributed by atoms with van der Waals surface area (Å²) in [6, 6.07) is 5.06. The fourth-order valence-corrected chi connectivity index (χ4v) is 2.88. The van der Waals surface area contributed by atoms with Crippen LogP contribution in [0.25, 0.3) is 23.0 Å². The average Bonchev–Trinajstić information content (AvgIpc) is 3.19. The van der Waals surface area contributed by atoms with Crippen LogP contribution in [0.5, 0.6) is 5.75 Å². The first kappa shape index (κ1) is 17.2. The first-order chi connectivity index (χ1) is 13.0. The van der Waals surface area contributed by atoms with Crippen molar-refractivity contribution >= 4 is 6.08 Å². The third-order valence-corrected chi connectivity index (χ3v) is 4.33. The maximum atomic E-state index is 13.9. The van der Waals surface area contributed by atoms with E-state index in [1.807, 2.05) is 0 Å². The van der Waals surface area contributed by atoms with Gasteiger partial charge in [-0.3, -0.25) is 0 Å². The molecule has 2 aromatic heterocycles. The van der Waals surface area contributed by atoms with Gasteiger partial charge in [-0.1, -0.05) is 0 Å². The van der Waals surface area contributed by atoms with Crippen LogP contribution in [0.2, 0.25) is 0 Å². The van der Waals surface area contributed by atoms with Gasteiger partial charge in [-0.2, -0.15) is 0 Å². The molecule has 2 N–H and O–H groups in total. The summed E-state index contributed by atoms with van der Waals surface area (Å²) in [6.45, 7) is 0.103. The van der Waals surface area contributed by atoms with Crippen molar-refractivity contribution in [3.05, 3.63) is 54.5 Å². The predicted molar refractivity (Wildman–Crippen MR) is 94.5 cm³/mol. The Labute approximate surface area is 153 Å². The summed E-state index contributed by atoms with van der Waals surface area (Å²) in [4.78, 5) is 8.06. The van der Waals surface area contributed by atoms with Gasteiger partial charge in [-0.15, -0.1) is 10.2 Å². The highest BCUT2D eigenvalue weighted by Crippen LogP contribution is 2.31. The summed E-state index contributed by atoms with van der Waals surface area (Å²) >= 11 is 0. The van der Waals surface area contributed by atoms with Crippen molar-refractivity contribution in [2.75, 3.05) is 13.1 Å². The summed E-state index contributed by atoms with van der Waals surface area (Å²) in [5.41, 5.74) is 1.53. The third kappa shape index (κ3) is 3.54.